The first-order valence-corrected chi connectivity index (χ1v) is 9.12. The van der Waals surface area contributed by atoms with Crippen molar-refractivity contribution in [2.75, 3.05) is 32.2 Å². The van der Waals surface area contributed by atoms with Gasteiger partial charge in [0, 0.05) is 36.7 Å². The molecule has 27 heavy (non-hydrogen) atoms. The predicted molar refractivity (Wildman–Crippen MR) is 105 cm³/mol. The highest BCUT2D eigenvalue weighted by atomic mass is 16.5. The third-order valence-electron chi connectivity index (χ3n) is 4.93. The molecule has 0 atom stereocenters. The molecule has 0 saturated carbocycles. The Morgan fingerprint density at radius 1 is 0.963 bits per heavy atom. The molecule has 1 aromatic heterocycles. The van der Waals surface area contributed by atoms with E-state index in [-0.39, 0.29) is 6.10 Å². The maximum atomic E-state index is 6.09. The van der Waals surface area contributed by atoms with Gasteiger partial charge in [-0.3, -0.25) is 0 Å². The fraction of sp³-hybridized carbons (Fsp3) is 0.333. The maximum absolute atomic E-state index is 6.09. The van der Waals surface area contributed by atoms with Crippen LogP contribution in [0.2, 0.25) is 0 Å². The van der Waals surface area contributed by atoms with Crippen molar-refractivity contribution in [2.45, 2.75) is 18.9 Å². The number of para-hydroxylation sites is 1. The molecule has 1 fully saturated rings. The molecule has 1 saturated heterocycles. The lowest BCUT2D eigenvalue weighted by molar-refractivity contribution is 0.171. The van der Waals surface area contributed by atoms with Crippen LogP contribution in [0.1, 0.15) is 12.8 Å². The number of aromatic nitrogens is 2. The molecule has 0 amide bonds. The Kier molecular flexibility index (Phi) is 4.96. The molecule has 0 spiro atoms. The fourth-order valence-corrected chi connectivity index (χ4v) is 3.51. The SMILES string of the molecule is COc1cc2cnnc(N3CCC(Oc4ccccc4)CC3)c2cc1OC. The average Bonchev–Trinajstić information content (AvgIpc) is 2.73. The Labute approximate surface area is 158 Å². The predicted octanol–water partition coefficient (Wildman–Crippen LogP) is 3.69. The second-order valence-corrected chi connectivity index (χ2v) is 6.58. The molecule has 2 heterocycles. The van der Waals surface area contributed by atoms with Crippen LogP contribution in [0, 0.1) is 0 Å². The van der Waals surface area contributed by atoms with Gasteiger partial charge >= 0.3 is 0 Å². The van der Waals surface area contributed by atoms with Gasteiger partial charge in [-0.15, -0.1) is 5.10 Å². The Hall–Kier alpha value is -3.02. The minimum Gasteiger partial charge on any atom is -0.493 e. The van der Waals surface area contributed by atoms with E-state index in [0.717, 1.165) is 48.3 Å². The molecule has 140 valence electrons. The molecule has 0 bridgehead atoms. The summed E-state index contributed by atoms with van der Waals surface area (Å²) in [5.74, 6) is 3.20. The summed E-state index contributed by atoms with van der Waals surface area (Å²) in [4.78, 5) is 2.27. The summed E-state index contributed by atoms with van der Waals surface area (Å²) in [6.45, 7) is 1.75. The van der Waals surface area contributed by atoms with Crippen molar-refractivity contribution >= 4 is 16.6 Å². The highest BCUT2D eigenvalue weighted by Gasteiger charge is 2.23. The molecule has 2 aromatic carbocycles. The van der Waals surface area contributed by atoms with E-state index in [1.165, 1.54) is 0 Å². The van der Waals surface area contributed by atoms with Crippen LogP contribution in [0.25, 0.3) is 10.8 Å². The Morgan fingerprint density at radius 2 is 1.67 bits per heavy atom. The van der Waals surface area contributed by atoms with Crippen LogP contribution in [0.15, 0.2) is 48.7 Å². The smallest absolute Gasteiger partial charge is 0.161 e. The van der Waals surface area contributed by atoms with Gasteiger partial charge in [0.05, 0.1) is 20.4 Å². The van der Waals surface area contributed by atoms with Gasteiger partial charge in [0.25, 0.3) is 0 Å². The van der Waals surface area contributed by atoms with Crippen LogP contribution in [0.5, 0.6) is 17.2 Å². The molecular formula is C21H23N3O3. The number of anilines is 1. The maximum Gasteiger partial charge on any atom is 0.161 e. The Balaban J connectivity index is 1.53. The number of ether oxygens (including phenoxy) is 3. The number of fused-ring (bicyclic) bond motifs is 1. The van der Waals surface area contributed by atoms with Gasteiger partial charge < -0.3 is 19.1 Å². The second-order valence-electron chi connectivity index (χ2n) is 6.58. The van der Waals surface area contributed by atoms with E-state index < -0.39 is 0 Å². The number of hydrogen-bond acceptors (Lipinski definition) is 6. The summed E-state index contributed by atoms with van der Waals surface area (Å²) >= 11 is 0. The van der Waals surface area contributed by atoms with Crippen LogP contribution in [0.3, 0.4) is 0 Å². The number of piperidine rings is 1. The van der Waals surface area contributed by atoms with E-state index in [1.807, 2.05) is 42.5 Å². The quantitative estimate of drug-likeness (QED) is 0.687. The van der Waals surface area contributed by atoms with Gasteiger partial charge in [0.1, 0.15) is 11.9 Å². The van der Waals surface area contributed by atoms with E-state index in [2.05, 4.69) is 15.1 Å². The number of rotatable bonds is 5. The molecule has 3 aromatic rings. The zero-order valence-corrected chi connectivity index (χ0v) is 15.6. The molecular weight excluding hydrogens is 342 g/mol. The van der Waals surface area contributed by atoms with Gasteiger partial charge in [-0.1, -0.05) is 18.2 Å². The van der Waals surface area contributed by atoms with Gasteiger partial charge in [-0.05, 0) is 24.3 Å². The van der Waals surface area contributed by atoms with Crippen LogP contribution in [-0.4, -0.2) is 43.6 Å². The van der Waals surface area contributed by atoms with E-state index in [0.29, 0.717) is 11.5 Å². The van der Waals surface area contributed by atoms with Crippen molar-refractivity contribution in [3.05, 3.63) is 48.7 Å². The zero-order valence-electron chi connectivity index (χ0n) is 15.6. The van der Waals surface area contributed by atoms with Crippen LogP contribution in [0.4, 0.5) is 5.82 Å². The molecule has 1 aliphatic heterocycles. The lowest BCUT2D eigenvalue weighted by Gasteiger charge is -2.33. The normalized spacial score (nSPS) is 15.0. The highest BCUT2D eigenvalue weighted by Crippen LogP contribution is 2.36. The van der Waals surface area contributed by atoms with Gasteiger partial charge in [0.2, 0.25) is 0 Å². The monoisotopic (exact) mass is 365 g/mol. The number of hydrogen-bond donors (Lipinski definition) is 0. The number of nitrogens with zero attached hydrogens (tertiary/aromatic N) is 3. The van der Waals surface area contributed by atoms with Crippen molar-refractivity contribution in [3.63, 3.8) is 0 Å². The van der Waals surface area contributed by atoms with E-state index >= 15 is 0 Å². The van der Waals surface area contributed by atoms with Crippen molar-refractivity contribution < 1.29 is 14.2 Å². The highest BCUT2D eigenvalue weighted by molar-refractivity contribution is 5.94. The van der Waals surface area contributed by atoms with Crippen molar-refractivity contribution in [2.24, 2.45) is 0 Å². The van der Waals surface area contributed by atoms with Crippen molar-refractivity contribution in [1.82, 2.24) is 10.2 Å². The Bertz CT molecular complexity index is 909. The summed E-state index contributed by atoms with van der Waals surface area (Å²) in [7, 11) is 3.28. The van der Waals surface area contributed by atoms with Crippen LogP contribution < -0.4 is 19.1 Å². The first kappa shape index (κ1) is 17.4. The van der Waals surface area contributed by atoms with Gasteiger partial charge in [0.15, 0.2) is 17.3 Å². The van der Waals surface area contributed by atoms with E-state index in [4.69, 9.17) is 14.2 Å². The van der Waals surface area contributed by atoms with Crippen molar-refractivity contribution in [1.29, 1.82) is 0 Å². The largest absolute Gasteiger partial charge is 0.493 e. The average molecular weight is 365 g/mol. The number of benzene rings is 2. The first-order valence-electron chi connectivity index (χ1n) is 9.12. The lowest BCUT2D eigenvalue weighted by atomic mass is 10.1. The summed E-state index contributed by atoms with van der Waals surface area (Å²) in [6.07, 6.45) is 3.87. The molecule has 4 rings (SSSR count). The molecule has 1 aliphatic rings. The second kappa shape index (κ2) is 7.70. The van der Waals surface area contributed by atoms with E-state index in [1.54, 1.807) is 20.4 Å². The molecule has 0 unspecified atom stereocenters. The van der Waals surface area contributed by atoms with Gasteiger partial charge in [-0.25, -0.2) is 0 Å². The summed E-state index contributed by atoms with van der Waals surface area (Å²) in [5.41, 5.74) is 0. The fourth-order valence-electron chi connectivity index (χ4n) is 3.51. The zero-order chi connectivity index (χ0) is 18.6. The third kappa shape index (κ3) is 3.60. The molecule has 0 radical (unpaired) electrons. The number of methoxy groups -OCH3 is 2. The molecule has 6 nitrogen and oxygen atoms in total. The molecule has 6 heteroatoms. The van der Waals surface area contributed by atoms with E-state index in [9.17, 15) is 0 Å². The Morgan fingerprint density at radius 3 is 2.37 bits per heavy atom. The first-order chi connectivity index (χ1) is 13.3. The minimum atomic E-state index is 0.223. The summed E-state index contributed by atoms with van der Waals surface area (Å²) in [6, 6.07) is 13.9. The minimum absolute atomic E-state index is 0.223. The topological polar surface area (TPSA) is 56.7 Å². The standard InChI is InChI=1S/C21H23N3O3/c1-25-19-12-15-14-22-23-21(18(15)13-20(19)26-2)24-10-8-17(9-11-24)27-16-6-4-3-5-7-16/h3-7,12-14,17H,8-11H2,1-2H3. The summed E-state index contributed by atoms with van der Waals surface area (Å²) in [5, 5.41) is 10.6. The van der Waals surface area contributed by atoms with Crippen molar-refractivity contribution in [3.8, 4) is 17.2 Å². The van der Waals surface area contributed by atoms with Crippen LogP contribution in [-0.2, 0) is 0 Å². The van der Waals surface area contributed by atoms with Gasteiger partial charge in [-0.2, -0.15) is 5.10 Å². The lowest BCUT2D eigenvalue weighted by Crippen LogP contribution is -2.38. The molecule has 0 aliphatic carbocycles. The molecule has 0 N–H and O–H groups in total. The summed E-state index contributed by atoms with van der Waals surface area (Å²) < 4.78 is 16.9. The third-order valence-corrected chi connectivity index (χ3v) is 4.93. The van der Waals surface area contributed by atoms with Crippen LogP contribution >= 0.6 is 0 Å².